The molecule has 0 radical (unpaired) electrons. The highest BCUT2D eigenvalue weighted by Crippen LogP contribution is 2.29. The molecular weight excluding hydrogens is 452 g/mol. The fourth-order valence-electron chi connectivity index (χ4n) is 3.63. The fourth-order valence-corrected chi connectivity index (χ4v) is 3.63. The summed E-state index contributed by atoms with van der Waals surface area (Å²) in [6.07, 6.45) is 1.20. The number of rotatable bonds is 7. The molecule has 0 aliphatic carbocycles. The van der Waals surface area contributed by atoms with Gasteiger partial charge < -0.3 is 25.6 Å². The SMILES string of the molecule is CN1CCN(c2ccc(Nc3nc(Oc4cccc([N+](=O)[O-])c4)cnc3C(N)=O)cc2C#N)CC1. The molecule has 3 aromatic rings. The number of hydrogen-bond acceptors (Lipinski definition) is 10. The Kier molecular flexibility index (Phi) is 6.70. The molecule has 35 heavy (non-hydrogen) atoms. The zero-order chi connectivity index (χ0) is 24.9. The molecule has 12 nitrogen and oxygen atoms in total. The van der Waals surface area contributed by atoms with Crippen LogP contribution in [-0.2, 0) is 0 Å². The molecular formula is C23H22N8O4. The van der Waals surface area contributed by atoms with Crippen molar-refractivity contribution >= 4 is 28.8 Å². The second-order valence-electron chi connectivity index (χ2n) is 7.89. The monoisotopic (exact) mass is 474 g/mol. The zero-order valence-electron chi connectivity index (χ0n) is 18.8. The van der Waals surface area contributed by atoms with Crippen molar-refractivity contribution < 1.29 is 14.5 Å². The molecule has 178 valence electrons. The van der Waals surface area contributed by atoms with Crippen molar-refractivity contribution in [2.45, 2.75) is 0 Å². The number of nitro benzene ring substituents is 1. The van der Waals surface area contributed by atoms with Crippen molar-refractivity contribution in [2.75, 3.05) is 43.4 Å². The van der Waals surface area contributed by atoms with Crippen LogP contribution in [0.1, 0.15) is 16.1 Å². The lowest BCUT2D eigenvalue weighted by Crippen LogP contribution is -2.44. The van der Waals surface area contributed by atoms with E-state index in [9.17, 15) is 20.2 Å². The smallest absolute Gasteiger partial charge is 0.273 e. The lowest BCUT2D eigenvalue weighted by molar-refractivity contribution is -0.384. The van der Waals surface area contributed by atoms with Crippen LogP contribution in [-0.4, -0.2) is 58.9 Å². The number of nitrogens with zero attached hydrogens (tertiary/aromatic N) is 6. The maximum atomic E-state index is 11.9. The maximum Gasteiger partial charge on any atom is 0.273 e. The molecule has 4 rings (SSSR count). The number of ether oxygens (including phenoxy) is 1. The molecule has 2 aromatic carbocycles. The quantitative estimate of drug-likeness (QED) is 0.384. The molecule has 0 atom stereocenters. The van der Waals surface area contributed by atoms with Crippen LogP contribution in [0.25, 0.3) is 0 Å². The molecule has 12 heteroatoms. The van der Waals surface area contributed by atoms with E-state index in [0.29, 0.717) is 11.3 Å². The van der Waals surface area contributed by atoms with Crippen molar-refractivity contribution in [1.82, 2.24) is 14.9 Å². The lowest BCUT2D eigenvalue weighted by atomic mass is 10.1. The van der Waals surface area contributed by atoms with E-state index in [-0.39, 0.29) is 28.8 Å². The second kappa shape index (κ2) is 10.0. The van der Waals surface area contributed by atoms with Crippen LogP contribution in [0.15, 0.2) is 48.7 Å². The third-order valence-corrected chi connectivity index (χ3v) is 5.46. The first kappa shape index (κ1) is 23.4. The number of non-ortho nitro benzene ring substituents is 1. The number of primary amides is 1. The van der Waals surface area contributed by atoms with Gasteiger partial charge in [-0.3, -0.25) is 14.9 Å². The number of carbonyl (C=O) groups is 1. The predicted molar refractivity (Wildman–Crippen MR) is 128 cm³/mol. The number of benzene rings is 2. The Morgan fingerprint density at radius 1 is 1.23 bits per heavy atom. The largest absolute Gasteiger partial charge is 0.437 e. The number of nitro groups is 1. The van der Waals surface area contributed by atoms with Crippen LogP contribution in [0, 0.1) is 21.4 Å². The number of nitrogens with one attached hydrogen (secondary N) is 1. The number of nitriles is 1. The Labute approximate surface area is 200 Å². The van der Waals surface area contributed by atoms with Crippen LogP contribution >= 0.6 is 0 Å². The van der Waals surface area contributed by atoms with E-state index >= 15 is 0 Å². The van der Waals surface area contributed by atoms with E-state index in [2.05, 4.69) is 38.2 Å². The van der Waals surface area contributed by atoms with Crippen LogP contribution < -0.4 is 20.7 Å². The standard InChI is InChI=1S/C23H22N8O4/c1-29-7-9-30(10-8-29)19-6-5-16(11-15(19)13-24)27-23-21(22(25)32)26-14-20(28-23)35-18-4-2-3-17(12-18)31(33)34/h2-6,11-12,14H,7-10H2,1H3,(H2,25,32)(H,27,28). The molecule has 1 amide bonds. The molecule has 3 N–H and O–H groups in total. The summed E-state index contributed by atoms with van der Waals surface area (Å²) in [7, 11) is 2.06. The maximum absolute atomic E-state index is 11.9. The van der Waals surface area contributed by atoms with Crippen LogP contribution in [0.5, 0.6) is 11.6 Å². The summed E-state index contributed by atoms with van der Waals surface area (Å²) in [6, 6.07) is 13.1. The Morgan fingerprint density at radius 3 is 2.69 bits per heavy atom. The van der Waals surface area contributed by atoms with Gasteiger partial charge in [-0.2, -0.15) is 10.2 Å². The summed E-state index contributed by atoms with van der Waals surface area (Å²) in [4.78, 5) is 35.1. The van der Waals surface area contributed by atoms with Crippen molar-refractivity contribution in [3.8, 4) is 17.7 Å². The van der Waals surface area contributed by atoms with E-state index < -0.39 is 10.8 Å². The van der Waals surface area contributed by atoms with Crippen molar-refractivity contribution in [3.05, 3.63) is 70.0 Å². The van der Waals surface area contributed by atoms with Gasteiger partial charge in [0.05, 0.1) is 28.4 Å². The van der Waals surface area contributed by atoms with E-state index in [0.717, 1.165) is 31.9 Å². The first-order chi connectivity index (χ1) is 16.8. The number of likely N-dealkylation sites (N-methyl/N-ethyl adjacent to an activating group) is 1. The molecule has 1 aliphatic heterocycles. The van der Waals surface area contributed by atoms with Gasteiger partial charge in [0.2, 0.25) is 5.88 Å². The number of piperazine rings is 1. The highest BCUT2D eigenvalue weighted by molar-refractivity contribution is 5.96. The molecule has 1 aliphatic rings. The summed E-state index contributed by atoms with van der Waals surface area (Å²) in [6.45, 7) is 3.43. The van der Waals surface area contributed by atoms with Gasteiger partial charge in [0.15, 0.2) is 11.5 Å². The molecule has 1 aromatic heterocycles. The normalized spacial score (nSPS) is 13.7. The van der Waals surface area contributed by atoms with Gasteiger partial charge in [-0.1, -0.05) is 6.07 Å². The number of anilines is 3. The lowest BCUT2D eigenvalue weighted by Gasteiger charge is -2.34. The Morgan fingerprint density at radius 2 is 2.00 bits per heavy atom. The molecule has 1 saturated heterocycles. The zero-order valence-corrected chi connectivity index (χ0v) is 18.8. The van der Waals surface area contributed by atoms with Gasteiger partial charge in [0.1, 0.15) is 11.8 Å². The summed E-state index contributed by atoms with van der Waals surface area (Å²) in [5, 5.41) is 23.7. The molecule has 0 spiro atoms. The van der Waals surface area contributed by atoms with Crippen LogP contribution in [0.3, 0.4) is 0 Å². The minimum absolute atomic E-state index is 0.00689. The number of amides is 1. The fraction of sp³-hybridized carbons (Fsp3) is 0.217. The van der Waals surface area contributed by atoms with Gasteiger partial charge in [-0.25, -0.2) is 4.98 Å². The van der Waals surface area contributed by atoms with E-state index in [1.54, 1.807) is 12.1 Å². The third-order valence-electron chi connectivity index (χ3n) is 5.46. The van der Waals surface area contributed by atoms with Crippen molar-refractivity contribution in [1.29, 1.82) is 5.26 Å². The van der Waals surface area contributed by atoms with Gasteiger partial charge in [-0.15, -0.1) is 0 Å². The minimum atomic E-state index is -0.809. The summed E-state index contributed by atoms with van der Waals surface area (Å²) in [5.41, 5.74) is 6.98. The Balaban J connectivity index is 1.60. The van der Waals surface area contributed by atoms with Gasteiger partial charge in [-0.05, 0) is 31.3 Å². The first-order valence-corrected chi connectivity index (χ1v) is 10.7. The topological polar surface area (TPSA) is 164 Å². The van der Waals surface area contributed by atoms with Crippen molar-refractivity contribution in [3.63, 3.8) is 0 Å². The predicted octanol–water partition coefficient (Wildman–Crippen LogP) is 2.64. The third kappa shape index (κ3) is 5.43. The summed E-state index contributed by atoms with van der Waals surface area (Å²) in [5.74, 6) is -0.615. The van der Waals surface area contributed by atoms with E-state index in [1.807, 2.05) is 6.07 Å². The van der Waals surface area contributed by atoms with E-state index in [1.165, 1.54) is 30.5 Å². The average Bonchev–Trinajstić information content (AvgIpc) is 2.84. The highest BCUT2D eigenvalue weighted by Gasteiger charge is 2.19. The van der Waals surface area contributed by atoms with Crippen molar-refractivity contribution in [2.24, 2.45) is 5.73 Å². The number of carbonyl (C=O) groups excluding carboxylic acids is 1. The molecule has 1 fully saturated rings. The highest BCUT2D eigenvalue weighted by atomic mass is 16.6. The second-order valence-corrected chi connectivity index (χ2v) is 7.89. The number of aromatic nitrogens is 2. The summed E-state index contributed by atoms with van der Waals surface area (Å²) < 4.78 is 5.60. The number of nitrogens with two attached hydrogens (primary N) is 1. The van der Waals surface area contributed by atoms with Crippen LogP contribution in [0.2, 0.25) is 0 Å². The Bertz CT molecular complexity index is 1320. The average molecular weight is 474 g/mol. The summed E-state index contributed by atoms with van der Waals surface area (Å²) >= 11 is 0. The number of hydrogen-bond donors (Lipinski definition) is 2. The molecule has 0 saturated carbocycles. The van der Waals surface area contributed by atoms with E-state index in [4.69, 9.17) is 10.5 Å². The molecule has 2 heterocycles. The van der Waals surface area contributed by atoms with Gasteiger partial charge >= 0.3 is 0 Å². The van der Waals surface area contributed by atoms with Crippen LogP contribution in [0.4, 0.5) is 22.9 Å². The molecule has 0 unspecified atom stereocenters. The minimum Gasteiger partial charge on any atom is -0.437 e. The Hall–Kier alpha value is -4.76. The van der Waals surface area contributed by atoms with Gasteiger partial charge in [0, 0.05) is 37.9 Å². The molecule has 0 bridgehead atoms. The first-order valence-electron chi connectivity index (χ1n) is 10.7. The van der Waals surface area contributed by atoms with Gasteiger partial charge in [0.25, 0.3) is 11.6 Å².